The van der Waals surface area contributed by atoms with E-state index in [4.69, 9.17) is 0 Å². The second-order valence-corrected chi connectivity index (χ2v) is 7.72. The second kappa shape index (κ2) is 8.39. The summed E-state index contributed by atoms with van der Waals surface area (Å²) in [5.74, 6) is 0.883. The van der Waals surface area contributed by atoms with Crippen molar-refractivity contribution in [2.75, 3.05) is 43.4 Å². The number of rotatable bonds is 5. The number of aromatic nitrogens is 1. The van der Waals surface area contributed by atoms with E-state index < -0.39 is 0 Å². The summed E-state index contributed by atoms with van der Waals surface area (Å²) >= 11 is 3.42. The molecule has 3 rings (SSSR count). The number of thiazole rings is 1. The number of carbonyl (C=O) groups excluding carboxylic acids is 1. The van der Waals surface area contributed by atoms with Crippen LogP contribution in [-0.4, -0.2) is 54.4 Å². The van der Waals surface area contributed by atoms with Crippen LogP contribution in [0.25, 0.3) is 0 Å². The third kappa shape index (κ3) is 4.64. The zero-order valence-corrected chi connectivity index (χ0v) is 15.4. The lowest BCUT2D eigenvalue weighted by atomic mass is 10.2. The molecule has 0 unspecified atom stereocenters. The van der Waals surface area contributed by atoms with Crippen LogP contribution in [0, 0.1) is 6.92 Å². The summed E-state index contributed by atoms with van der Waals surface area (Å²) in [6.07, 6.45) is 1.82. The number of nitrogens with zero attached hydrogens (tertiary/aromatic N) is 3. The monoisotopic (exact) mass is 362 g/mol. The molecule has 0 aliphatic carbocycles. The van der Waals surface area contributed by atoms with Crippen LogP contribution in [0.15, 0.2) is 40.7 Å². The van der Waals surface area contributed by atoms with Crippen molar-refractivity contribution in [1.82, 2.24) is 15.2 Å². The maximum atomic E-state index is 12.2. The largest absolute Gasteiger partial charge is 0.345 e. The van der Waals surface area contributed by atoms with Crippen LogP contribution in [0.1, 0.15) is 5.56 Å². The van der Waals surface area contributed by atoms with Crippen LogP contribution in [0.2, 0.25) is 0 Å². The summed E-state index contributed by atoms with van der Waals surface area (Å²) in [7, 11) is 0. The predicted molar refractivity (Wildman–Crippen MR) is 101 cm³/mol. The van der Waals surface area contributed by atoms with Crippen molar-refractivity contribution in [3.05, 3.63) is 41.4 Å². The van der Waals surface area contributed by atoms with Crippen molar-refractivity contribution >= 4 is 34.3 Å². The number of anilines is 1. The van der Waals surface area contributed by atoms with E-state index in [2.05, 4.69) is 46.4 Å². The van der Waals surface area contributed by atoms with E-state index in [9.17, 15) is 4.79 Å². The molecule has 24 heavy (non-hydrogen) atoms. The Morgan fingerprint density at radius 3 is 2.67 bits per heavy atom. The van der Waals surface area contributed by atoms with Gasteiger partial charge in [0.2, 0.25) is 0 Å². The Labute approximate surface area is 151 Å². The van der Waals surface area contributed by atoms with Crippen molar-refractivity contribution in [3.8, 4) is 0 Å². The van der Waals surface area contributed by atoms with Gasteiger partial charge in [-0.15, -0.1) is 23.1 Å². The molecular formula is C17H22N4OS2. The molecule has 5 nitrogen and oxygen atoms in total. The molecule has 1 saturated heterocycles. The molecule has 0 bridgehead atoms. The third-order valence-corrected chi connectivity index (χ3v) is 5.77. The fraction of sp³-hybridized carbons (Fsp3) is 0.412. The van der Waals surface area contributed by atoms with Crippen molar-refractivity contribution in [3.63, 3.8) is 0 Å². The molecule has 1 aromatic carbocycles. The Hall–Kier alpha value is -1.73. The SMILES string of the molecule is Cc1ccc(SCCNC(=O)N2CCN(c3nccs3)CC2)cc1. The molecule has 0 radical (unpaired) electrons. The van der Waals surface area contributed by atoms with Crippen LogP contribution in [-0.2, 0) is 0 Å². The number of nitrogens with one attached hydrogen (secondary N) is 1. The van der Waals surface area contributed by atoms with Gasteiger partial charge in [-0.25, -0.2) is 9.78 Å². The minimum absolute atomic E-state index is 0.0401. The Bertz CT molecular complexity index is 637. The zero-order valence-electron chi connectivity index (χ0n) is 13.8. The summed E-state index contributed by atoms with van der Waals surface area (Å²) in [5.41, 5.74) is 1.27. The van der Waals surface area contributed by atoms with E-state index in [0.717, 1.165) is 37.1 Å². The standard InChI is InChI=1S/C17H22N4OS2/c1-14-2-4-15(5-3-14)23-12-6-18-16(22)20-8-10-21(11-9-20)17-19-7-13-24-17/h2-5,7,13H,6,8-12H2,1H3,(H,18,22). The van der Waals surface area contributed by atoms with E-state index in [0.29, 0.717) is 6.54 Å². The van der Waals surface area contributed by atoms with Gasteiger partial charge >= 0.3 is 6.03 Å². The Morgan fingerprint density at radius 1 is 1.25 bits per heavy atom. The molecule has 2 heterocycles. The van der Waals surface area contributed by atoms with E-state index in [1.807, 2.05) is 16.5 Å². The number of hydrogen-bond acceptors (Lipinski definition) is 5. The number of thioether (sulfide) groups is 1. The normalized spacial score (nSPS) is 14.7. The fourth-order valence-corrected chi connectivity index (χ4v) is 4.01. The van der Waals surface area contributed by atoms with Gasteiger partial charge in [-0.1, -0.05) is 17.7 Å². The first-order valence-corrected chi connectivity index (χ1v) is 9.95. The highest BCUT2D eigenvalue weighted by Gasteiger charge is 2.21. The molecule has 7 heteroatoms. The molecule has 2 amide bonds. The van der Waals surface area contributed by atoms with E-state index in [1.165, 1.54) is 10.5 Å². The Balaban J connectivity index is 1.35. The Morgan fingerprint density at radius 2 is 2.00 bits per heavy atom. The van der Waals surface area contributed by atoms with Gasteiger partial charge in [0.15, 0.2) is 5.13 Å². The number of urea groups is 1. The van der Waals surface area contributed by atoms with Crippen molar-refractivity contribution in [2.45, 2.75) is 11.8 Å². The molecule has 1 fully saturated rings. The van der Waals surface area contributed by atoms with Gasteiger partial charge in [-0.3, -0.25) is 0 Å². The minimum Gasteiger partial charge on any atom is -0.345 e. The molecule has 1 aromatic heterocycles. The molecule has 0 spiro atoms. The minimum atomic E-state index is 0.0401. The quantitative estimate of drug-likeness (QED) is 0.656. The first-order valence-electron chi connectivity index (χ1n) is 8.09. The van der Waals surface area contributed by atoms with Gasteiger partial charge in [-0.2, -0.15) is 0 Å². The molecule has 128 valence electrons. The highest BCUT2D eigenvalue weighted by atomic mass is 32.2. The van der Waals surface area contributed by atoms with Crippen LogP contribution < -0.4 is 10.2 Å². The Kier molecular flexibility index (Phi) is 5.98. The molecule has 2 aromatic rings. The van der Waals surface area contributed by atoms with Gasteiger partial charge in [-0.05, 0) is 19.1 Å². The highest BCUT2D eigenvalue weighted by molar-refractivity contribution is 7.99. The first-order chi connectivity index (χ1) is 11.7. The lowest BCUT2D eigenvalue weighted by molar-refractivity contribution is 0.195. The van der Waals surface area contributed by atoms with Gasteiger partial charge in [0.05, 0.1) is 0 Å². The lowest BCUT2D eigenvalue weighted by Gasteiger charge is -2.34. The summed E-state index contributed by atoms with van der Waals surface area (Å²) in [4.78, 5) is 21.9. The van der Waals surface area contributed by atoms with Gasteiger partial charge in [0.25, 0.3) is 0 Å². The summed E-state index contributed by atoms with van der Waals surface area (Å²) in [5, 5.41) is 6.05. The molecular weight excluding hydrogens is 340 g/mol. The van der Waals surface area contributed by atoms with Gasteiger partial charge < -0.3 is 15.1 Å². The second-order valence-electron chi connectivity index (χ2n) is 5.68. The van der Waals surface area contributed by atoms with Gasteiger partial charge in [0, 0.05) is 54.9 Å². The molecule has 0 atom stereocenters. The summed E-state index contributed by atoms with van der Waals surface area (Å²) < 4.78 is 0. The number of piperazine rings is 1. The molecule has 1 N–H and O–H groups in total. The van der Waals surface area contributed by atoms with E-state index in [-0.39, 0.29) is 6.03 Å². The van der Waals surface area contributed by atoms with Crippen LogP contribution in [0.4, 0.5) is 9.93 Å². The number of aryl methyl sites for hydroxylation is 1. The van der Waals surface area contributed by atoms with Crippen LogP contribution >= 0.6 is 23.1 Å². The predicted octanol–water partition coefficient (Wildman–Crippen LogP) is 3.08. The smallest absolute Gasteiger partial charge is 0.317 e. The number of benzene rings is 1. The highest BCUT2D eigenvalue weighted by Crippen LogP contribution is 2.19. The fourth-order valence-electron chi connectivity index (χ4n) is 2.55. The van der Waals surface area contributed by atoms with E-state index in [1.54, 1.807) is 23.1 Å². The third-order valence-electron chi connectivity index (χ3n) is 3.92. The van der Waals surface area contributed by atoms with Gasteiger partial charge in [0.1, 0.15) is 0 Å². The average molecular weight is 363 g/mol. The van der Waals surface area contributed by atoms with E-state index >= 15 is 0 Å². The summed E-state index contributed by atoms with van der Waals surface area (Å²) in [6, 6.07) is 8.52. The van der Waals surface area contributed by atoms with Crippen LogP contribution in [0.5, 0.6) is 0 Å². The average Bonchev–Trinajstić information content (AvgIpc) is 3.15. The summed E-state index contributed by atoms with van der Waals surface area (Å²) in [6.45, 7) is 5.96. The van der Waals surface area contributed by atoms with Crippen LogP contribution in [0.3, 0.4) is 0 Å². The number of carbonyl (C=O) groups is 1. The molecule has 0 saturated carbocycles. The maximum Gasteiger partial charge on any atom is 0.317 e. The lowest BCUT2D eigenvalue weighted by Crippen LogP contribution is -2.52. The number of amides is 2. The van der Waals surface area contributed by atoms with Crippen molar-refractivity contribution < 1.29 is 4.79 Å². The maximum absolute atomic E-state index is 12.2. The van der Waals surface area contributed by atoms with Crippen molar-refractivity contribution in [1.29, 1.82) is 0 Å². The molecule has 1 aliphatic rings. The number of hydrogen-bond donors (Lipinski definition) is 1. The first kappa shape index (κ1) is 17.1. The topological polar surface area (TPSA) is 48.5 Å². The van der Waals surface area contributed by atoms with Crippen molar-refractivity contribution in [2.24, 2.45) is 0 Å². The molecule has 1 aliphatic heterocycles. The zero-order chi connectivity index (χ0) is 16.8.